The van der Waals surface area contributed by atoms with E-state index in [-0.39, 0.29) is 0 Å². The summed E-state index contributed by atoms with van der Waals surface area (Å²) in [5.74, 6) is 0.976. The summed E-state index contributed by atoms with van der Waals surface area (Å²) in [6, 6.07) is 12.4. The number of hydrogen-bond acceptors (Lipinski definition) is 1. The third-order valence-corrected chi connectivity index (χ3v) is 13.6. The van der Waals surface area contributed by atoms with Crippen LogP contribution in [0.25, 0.3) is 0 Å². The molecule has 0 unspecified atom stereocenters. The Labute approximate surface area is 158 Å². The highest BCUT2D eigenvalue weighted by atomic mass is 28.3. The minimum atomic E-state index is -1.72. The number of hydrogen-bond donors (Lipinski definition) is 1. The lowest BCUT2D eigenvalue weighted by Crippen LogP contribution is -2.63. The van der Waals surface area contributed by atoms with E-state index in [0.717, 1.165) is 12.5 Å². The standard InChI is InChI=1S/C23H41NSi/c1-22(2,3)25(23(4,5)6,18-17-20-13-9-7-10-14-20)24-19-21-15-11-8-12-16-21/h8,11-12,15-16,20,24H,7,9-10,13-14,17-19H2,1-6H3. The number of nitrogens with one attached hydrogen (secondary N) is 1. The summed E-state index contributed by atoms with van der Waals surface area (Å²) in [7, 11) is -1.72. The van der Waals surface area contributed by atoms with Crippen molar-refractivity contribution in [2.24, 2.45) is 5.92 Å². The Balaban J connectivity index is 2.18. The van der Waals surface area contributed by atoms with Gasteiger partial charge in [-0.2, -0.15) is 0 Å². The summed E-state index contributed by atoms with van der Waals surface area (Å²) in [6.45, 7) is 16.0. The summed E-state index contributed by atoms with van der Waals surface area (Å²) in [4.78, 5) is 4.21. The van der Waals surface area contributed by atoms with E-state index in [4.69, 9.17) is 0 Å². The fourth-order valence-electron chi connectivity index (χ4n) is 5.24. The van der Waals surface area contributed by atoms with Gasteiger partial charge in [0.1, 0.15) is 8.24 Å². The van der Waals surface area contributed by atoms with Crippen molar-refractivity contribution >= 4 is 8.24 Å². The molecule has 0 amide bonds. The topological polar surface area (TPSA) is 12.0 Å². The van der Waals surface area contributed by atoms with E-state index >= 15 is 0 Å². The second kappa shape index (κ2) is 8.39. The van der Waals surface area contributed by atoms with Crippen LogP contribution < -0.4 is 4.98 Å². The summed E-state index contributed by atoms with van der Waals surface area (Å²) in [5.41, 5.74) is 1.42. The first-order valence-corrected chi connectivity index (χ1v) is 12.7. The smallest absolute Gasteiger partial charge is 0.136 e. The second-order valence-corrected chi connectivity index (χ2v) is 16.0. The van der Waals surface area contributed by atoms with Crippen LogP contribution in [0.1, 0.15) is 85.6 Å². The Morgan fingerprint density at radius 2 is 1.44 bits per heavy atom. The van der Waals surface area contributed by atoms with Crippen molar-refractivity contribution < 1.29 is 0 Å². The zero-order valence-corrected chi connectivity index (χ0v) is 18.6. The molecule has 0 spiro atoms. The van der Waals surface area contributed by atoms with Crippen LogP contribution >= 0.6 is 0 Å². The van der Waals surface area contributed by atoms with Crippen LogP contribution in [0.5, 0.6) is 0 Å². The third kappa shape index (κ3) is 5.20. The molecule has 1 aliphatic rings. The highest BCUT2D eigenvalue weighted by Crippen LogP contribution is 2.52. The van der Waals surface area contributed by atoms with Gasteiger partial charge in [0.25, 0.3) is 0 Å². The minimum Gasteiger partial charge on any atom is -0.332 e. The van der Waals surface area contributed by atoms with Crippen LogP contribution in [0.4, 0.5) is 0 Å². The summed E-state index contributed by atoms with van der Waals surface area (Å²) in [5, 5.41) is 0.712. The summed E-state index contributed by atoms with van der Waals surface area (Å²) < 4.78 is 0. The Morgan fingerprint density at radius 1 is 0.880 bits per heavy atom. The maximum absolute atomic E-state index is 4.21. The van der Waals surface area contributed by atoms with Crippen molar-refractivity contribution in [2.75, 3.05) is 0 Å². The molecule has 0 bridgehead atoms. The molecule has 25 heavy (non-hydrogen) atoms. The molecule has 142 valence electrons. The van der Waals surface area contributed by atoms with Gasteiger partial charge in [0.15, 0.2) is 0 Å². The van der Waals surface area contributed by atoms with Crippen molar-refractivity contribution in [3.05, 3.63) is 35.9 Å². The van der Waals surface area contributed by atoms with E-state index in [1.807, 2.05) is 0 Å². The maximum Gasteiger partial charge on any atom is 0.136 e. The van der Waals surface area contributed by atoms with Gasteiger partial charge < -0.3 is 4.98 Å². The molecule has 1 aliphatic carbocycles. The largest absolute Gasteiger partial charge is 0.332 e. The lowest BCUT2D eigenvalue weighted by atomic mass is 9.87. The predicted molar refractivity (Wildman–Crippen MR) is 114 cm³/mol. The summed E-state index contributed by atoms with van der Waals surface area (Å²) >= 11 is 0. The summed E-state index contributed by atoms with van der Waals surface area (Å²) in [6.07, 6.45) is 8.75. The average Bonchev–Trinajstić information content (AvgIpc) is 2.54. The van der Waals surface area contributed by atoms with Crippen molar-refractivity contribution in [2.45, 2.75) is 103 Å². The van der Waals surface area contributed by atoms with Crippen LogP contribution in [0.15, 0.2) is 30.3 Å². The quantitative estimate of drug-likeness (QED) is 0.526. The van der Waals surface area contributed by atoms with Crippen molar-refractivity contribution in [3.63, 3.8) is 0 Å². The van der Waals surface area contributed by atoms with Crippen LogP contribution in [-0.4, -0.2) is 8.24 Å². The molecule has 2 rings (SSSR count). The Morgan fingerprint density at radius 3 is 1.96 bits per heavy atom. The SMILES string of the molecule is CC(C)(C)[Si](CCC1CCCCC1)(NCc1ccccc1)C(C)(C)C. The van der Waals surface area contributed by atoms with E-state index in [2.05, 4.69) is 76.9 Å². The van der Waals surface area contributed by atoms with Gasteiger partial charge in [-0.05, 0) is 27.6 Å². The van der Waals surface area contributed by atoms with Crippen LogP contribution in [-0.2, 0) is 6.54 Å². The second-order valence-electron chi connectivity index (χ2n) is 10.3. The van der Waals surface area contributed by atoms with Gasteiger partial charge in [-0.1, -0.05) is 110 Å². The van der Waals surface area contributed by atoms with E-state index in [9.17, 15) is 0 Å². The van der Waals surface area contributed by atoms with Gasteiger partial charge in [0.2, 0.25) is 0 Å². The van der Waals surface area contributed by atoms with E-state index in [1.165, 1.54) is 50.1 Å². The lowest BCUT2D eigenvalue weighted by Gasteiger charge is -2.53. The Bertz CT molecular complexity index is 489. The third-order valence-electron chi connectivity index (χ3n) is 6.65. The van der Waals surface area contributed by atoms with E-state index in [0.29, 0.717) is 10.1 Å². The fraction of sp³-hybridized carbons (Fsp3) is 0.739. The monoisotopic (exact) mass is 359 g/mol. The van der Waals surface area contributed by atoms with Gasteiger partial charge in [-0.3, -0.25) is 0 Å². The van der Waals surface area contributed by atoms with Gasteiger partial charge >= 0.3 is 0 Å². The molecular weight excluding hydrogens is 318 g/mol. The number of rotatable bonds is 6. The minimum absolute atomic E-state index is 0.356. The zero-order valence-electron chi connectivity index (χ0n) is 17.6. The molecule has 2 heteroatoms. The molecule has 1 nitrogen and oxygen atoms in total. The molecule has 0 aromatic heterocycles. The molecule has 1 fully saturated rings. The highest BCUT2D eigenvalue weighted by Gasteiger charge is 2.52. The molecular formula is C23H41NSi. The zero-order chi connectivity index (χ0) is 18.6. The van der Waals surface area contributed by atoms with Crippen molar-refractivity contribution in [1.29, 1.82) is 0 Å². The first-order chi connectivity index (χ1) is 11.7. The maximum atomic E-state index is 4.21. The van der Waals surface area contributed by atoms with Gasteiger partial charge in [0, 0.05) is 6.54 Å². The van der Waals surface area contributed by atoms with Crippen LogP contribution in [0, 0.1) is 5.92 Å². The molecule has 0 aliphatic heterocycles. The average molecular weight is 360 g/mol. The first kappa shape index (κ1) is 20.7. The van der Waals surface area contributed by atoms with Crippen LogP contribution in [0.2, 0.25) is 16.1 Å². The molecule has 1 N–H and O–H groups in total. The van der Waals surface area contributed by atoms with Gasteiger partial charge in [0.05, 0.1) is 0 Å². The normalized spacial score (nSPS) is 17.7. The molecule has 0 atom stereocenters. The van der Waals surface area contributed by atoms with Gasteiger partial charge in [-0.25, -0.2) is 0 Å². The van der Waals surface area contributed by atoms with E-state index in [1.54, 1.807) is 0 Å². The Kier molecular flexibility index (Phi) is 6.95. The molecule has 0 heterocycles. The molecule has 1 aromatic rings. The highest BCUT2D eigenvalue weighted by molar-refractivity contribution is 6.82. The Hall–Kier alpha value is -0.603. The molecule has 0 saturated heterocycles. The molecule has 1 saturated carbocycles. The van der Waals surface area contributed by atoms with Crippen LogP contribution in [0.3, 0.4) is 0 Å². The van der Waals surface area contributed by atoms with Crippen molar-refractivity contribution in [1.82, 2.24) is 4.98 Å². The molecule has 0 radical (unpaired) electrons. The number of benzene rings is 1. The van der Waals surface area contributed by atoms with Gasteiger partial charge in [-0.15, -0.1) is 0 Å². The lowest BCUT2D eigenvalue weighted by molar-refractivity contribution is 0.345. The fourth-order valence-corrected chi connectivity index (χ4v) is 11.6. The first-order valence-electron chi connectivity index (χ1n) is 10.4. The van der Waals surface area contributed by atoms with Crippen molar-refractivity contribution in [3.8, 4) is 0 Å². The predicted octanol–water partition coefficient (Wildman–Crippen LogP) is 7.29. The van der Waals surface area contributed by atoms with E-state index < -0.39 is 8.24 Å². The molecule has 1 aromatic carbocycles.